The molecule has 1 saturated carbocycles. The number of thioether (sulfide) groups is 1. The minimum Gasteiger partial charge on any atom is -0.365 e. The van der Waals surface area contributed by atoms with Gasteiger partial charge >= 0.3 is 0 Å². The van der Waals surface area contributed by atoms with E-state index in [1.54, 1.807) is 0 Å². The Hall–Kier alpha value is -0.180. The van der Waals surface area contributed by atoms with E-state index in [4.69, 9.17) is 0 Å². The van der Waals surface area contributed by atoms with E-state index >= 15 is 0 Å². The Bertz CT molecular complexity index is 301. The third-order valence-corrected chi connectivity index (χ3v) is 5.50. The molecule has 3 atom stereocenters. The molecule has 110 valence electrons. The molecule has 0 bridgehead atoms. The highest BCUT2D eigenvalue weighted by Gasteiger charge is 2.21. The molecule has 0 aromatic heterocycles. The summed E-state index contributed by atoms with van der Waals surface area (Å²) in [7, 11) is 0. The lowest BCUT2D eigenvalue weighted by molar-refractivity contribution is 0.270. The predicted molar refractivity (Wildman–Crippen MR) is 86.9 cm³/mol. The second kappa shape index (κ2) is 7.56. The maximum Gasteiger partial charge on any atom is 0.156 e. The molecule has 0 spiro atoms. The topological polar surface area (TPSA) is 24.4 Å². The van der Waals surface area contributed by atoms with Gasteiger partial charge in [-0.15, -0.1) is 0 Å². The molecule has 2 nitrogen and oxygen atoms in total. The molecule has 0 amide bonds. The van der Waals surface area contributed by atoms with E-state index < -0.39 is 0 Å². The van der Waals surface area contributed by atoms with E-state index in [-0.39, 0.29) is 0 Å². The summed E-state index contributed by atoms with van der Waals surface area (Å²) in [5.74, 6) is 2.69. The minimum absolute atomic E-state index is 0.720. The summed E-state index contributed by atoms with van der Waals surface area (Å²) in [6.45, 7) is 9.16. The third-order valence-electron chi connectivity index (χ3n) is 4.32. The first-order valence-corrected chi connectivity index (χ1v) is 8.96. The van der Waals surface area contributed by atoms with Crippen molar-refractivity contribution in [3.8, 4) is 0 Å². The van der Waals surface area contributed by atoms with Gasteiger partial charge in [-0.1, -0.05) is 51.8 Å². The van der Waals surface area contributed by atoms with Gasteiger partial charge in [-0.25, -0.2) is 0 Å². The fourth-order valence-corrected chi connectivity index (χ4v) is 4.65. The van der Waals surface area contributed by atoms with Crippen LogP contribution in [-0.4, -0.2) is 23.5 Å². The van der Waals surface area contributed by atoms with Gasteiger partial charge in [0.15, 0.2) is 5.17 Å². The highest BCUT2D eigenvalue weighted by atomic mass is 32.2. The third kappa shape index (κ3) is 5.37. The molecule has 1 aliphatic heterocycles. The SMILES string of the molecule is CC(C)CC1CN=C(NCCC2CCCC(C)C2)S1. The van der Waals surface area contributed by atoms with Crippen molar-refractivity contribution in [1.29, 1.82) is 0 Å². The van der Waals surface area contributed by atoms with Crippen LogP contribution in [0.5, 0.6) is 0 Å². The second-order valence-corrected chi connectivity index (χ2v) is 8.16. The van der Waals surface area contributed by atoms with Gasteiger partial charge < -0.3 is 5.32 Å². The molecule has 2 rings (SSSR count). The minimum atomic E-state index is 0.720. The van der Waals surface area contributed by atoms with Crippen molar-refractivity contribution in [1.82, 2.24) is 5.32 Å². The van der Waals surface area contributed by atoms with Crippen LogP contribution >= 0.6 is 11.8 Å². The van der Waals surface area contributed by atoms with Gasteiger partial charge in [-0.05, 0) is 37.0 Å². The normalized spacial score (nSPS) is 31.6. The van der Waals surface area contributed by atoms with Gasteiger partial charge in [0.1, 0.15) is 0 Å². The number of nitrogens with one attached hydrogen (secondary N) is 1. The van der Waals surface area contributed by atoms with Gasteiger partial charge in [-0.2, -0.15) is 0 Å². The zero-order valence-electron chi connectivity index (χ0n) is 12.8. The molecule has 1 aliphatic carbocycles. The van der Waals surface area contributed by atoms with E-state index in [1.165, 1.54) is 43.7 Å². The van der Waals surface area contributed by atoms with Crippen LogP contribution in [-0.2, 0) is 0 Å². The van der Waals surface area contributed by atoms with Gasteiger partial charge in [0.2, 0.25) is 0 Å². The van der Waals surface area contributed by atoms with E-state index in [0.717, 1.165) is 36.1 Å². The van der Waals surface area contributed by atoms with Gasteiger partial charge in [0, 0.05) is 11.8 Å². The molecule has 1 N–H and O–H groups in total. The Morgan fingerprint density at radius 2 is 2.21 bits per heavy atom. The van der Waals surface area contributed by atoms with Crippen LogP contribution in [0.1, 0.15) is 59.3 Å². The number of hydrogen-bond donors (Lipinski definition) is 1. The molecular weight excluding hydrogens is 252 g/mol. The van der Waals surface area contributed by atoms with Crippen molar-refractivity contribution in [2.24, 2.45) is 22.7 Å². The second-order valence-electron chi connectivity index (χ2n) is 6.87. The van der Waals surface area contributed by atoms with Gasteiger partial charge in [0.05, 0.1) is 6.54 Å². The molecule has 0 saturated heterocycles. The molecule has 0 aromatic rings. The summed E-state index contributed by atoms with van der Waals surface area (Å²) in [4.78, 5) is 4.64. The standard InChI is InChI=1S/C16H30N2S/c1-12(2)9-15-11-18-16(19-15)17-8-7-14-6-4-5-13(3)10-14/h12-15H,4-11H2,1-3H3,(H,17,18). The van der Waals surface area contributed by atoms with Crippen LogP contribution in [0.25, 0.3) is 0 Å². The van der Waals surface area contributed by atoms with E-state index in [1.807, 2.05) is 11.8 Å². The highest BCUT2D eigenvalue weighted by molar-refractivity contribution is 8.14. The first-order chi connectivity index (χ1) is 9.13. The Balaban J connectivity index is 1.59. The molecule has 3 heteroatoms. The Kier molecular flexibility index (Phi) is 6.06. The summed E-state index contributed by atoms with van der Waals surface area (Å²) in [6.07, 6.45) is 8.40. The molecule has 1 fully saturated rings. The van der Waals surface area contributed by atoms with Crippen molar-refractivity contribution in [2.45, 2.75) is 64.5 Å². The number of rotatable bonds is 5. The molecule has 0 aromatic carbocycles. The molecule has 0 radical (unpaired) electrons. The fraction of sp³-hybridized carbons (Fsp3) is 0.938. The maximum absolute atomic E-state index is 4.64. The van der Waals surface area contributed by atoms with Gasteiger partial charge in [0.25, 0.3) is 0 Å². The highest BCUT2D eigenvalue weighted by Crippen LogP contribution is 2.30. The number of amidine groups is 1. The van der Waals surface area contributed by atoms with E-state index in [2.05, 4.69) is 31.1 Å². The fourth-order valence-electron chi connectivity index (χ4n) is 3.37. The lowest BCUT2D eigenvalue weighted by Gasteiger charge is -2.26. The zero-order chi connectivity index (χ0) is 13.7. The number of aliphatic imine (C=N–C) groups is 1. The largest absolute Gasteiger partial charge is 0.365 e. The summed E-state index contributed by atoms with van der Waals surface area (Å²) in [6, 6.07) is 0. The zero-order valence-corrected chi connectivity index (χ0v) is 13.6. The monoisotopic (exact) mass is 282 g/mol. The maximum atomic E-state index is 4.64. The van der Waals surface area contributed by atoms with Crippen LogP contribution in [0.2, 0.25) is 0 Å². The van der Waals surface area contributed by atoms with E-state index in [9.17, 15) is 0 Å². The molecule has 19 heavy (non-hydrogen) atoms. The summed E-state index contributed by atoms with van der Waals surface area (Å²) in [5, 5.41) is 5.48. The lowest BCUT2D eigenvalue weighted by Crippen LogP contribution is -2.24. The first kappa shape index (κ1) is 15.2. The first-order valence-electron chi connectivity index (χ1n) is 8.08. The summed E-state index contributed by atoms with van der Waals surface area (Å²) < 4.78 is 0. The van der Waals surface area contributed by atoms with Crippen molar-refractivity contribution in [3.05, 3.63) is 0 Å². The quantitative estimate of drug-likeness (QED) is 0.812. The Morgan fingerprint density at radius 3 is 2.95 bits per heavy atom. The van der Waals surface area contributed by atoms with Gasteiger partial charge in [-0.3, -0.25) is 4.99 Å². The smallest absolute Gasteiger partial charge is 0.156 e. The van der Waals surface area contributed by atoms with Crippen LogP contribution in [0.15, 0.2) is 4.99 Å². The lowest BCUT2D eigenvalue weighted by atomic mass is 9.81. The summed E-state index contributed by atoms with van der Waals surface area (Å²) in [5.41, 5.74) is 0. The molecule has 2 aliphatic rings. The van der Waals surface area contributed by atoms with Crippen LogP contribution in [0.4, 0.5) is 0 Å². The van der Waals surface area contributed by atoms with E-state index in [0.29, 0.717) is 0 Å². The van der Waals surface area contributed by atoms with Crippen LogP contribution in [0.3, 0.4) is 0 Å². The Labute approximate surface area is 123 Å². The average Bonchev–Trinajstić information content (AvgIpc) is 2.76. The van der Waals surface area contributed by atoms with Crippen molar-refractivity contribution in [3.63, 3.8) is 0 Å². The van der Waals surface area contributed by atoms with Crippen LogP contribution < -0.4 is 5.32 Å². The molecule has 1 heterocycles. The van der Waals surface area contributed by atoms with Crippen molar-refractivity contribution < 1.29 is 0 Å². The van der Waals surface area contributed by atoms with Crippen molar-refractivity contribution in [2.75, 3.05) is 13.1 Å². The average molecular weight is 282 g/mol. The number of nitrogens with zero attached hydrogens (tertiary/aromatic N) is 1. The Morgan fingerprint density at radius 1 is 1.37 bits per heavy atom. The summed E-state index contributed by atoms with van der Waals surface area (Å²) >= 11 is 1.97. The number of hydrogen-bond acceptors (Lipinski definition) is 3. The predicted octanol–water partition coefficient (Wildman–Crippen LogP) is 4.31. The van der Waals surface area contributed by atoms with Crippen molar-refractivity contribution >= 4 is 16.9 Å². The molecule has 3 unspecified atom stereocenters. The van der Waals surface area contributed by atoms with Crippen LogP contribution in [0, 0.1) is 17.8 Å². The molecular formula is C16H30N2S.